The molecular weight excluding hydrogens is 395 g/mol. The molecule has 1 aliphatic rings. The lowest BCUT2D eigenvalue weighted by Gasteiger charge is -2.22. The Morgan fingerprint density at radius 3 is 2.59 bits per heavy atom. The van der Waals surface area contributed by atoms with E-state index in [4.69, 9.17) is 4.74 Å². The largest absolute Gasteiger partial charge is 0.492 e. The summed E-state index contributed by atoms with van der Waals surface area (Å²) in [6, 6.07) is 9.89. The van der Waals surface area contributed by atoms with Gasteiger partial charge in [-0.15, -0.1) is 0 Å². The van der Waals surface area contributed by atoms with E-state index < -0.39 is 21.7 Å². The first-order valence-corrected chi connectivity index (χ1v) is 11.2. The van der Waals surface area contributed by atoms with Crippen LogP contribution in [0.4, 0.5) is 10.1 Å². The average Bonchev–Trinajstić information content (AvgIpc) is 2.70. The molecule has 1 amide bonds. The maximum Gasteiger partial charge on any atom is 0.258 e. The lowest BCUT2D eigenvalue weighted by molar-refractivity contribution is 0.102. The fourth-order valence-corrected chi connectivity index (χ4v) is 4.73. The monoisotopic (exact) mass is 420 g/mol. The Morgan fingerprint density at radius 2 is 1.86 bits per heavy atom. The van der Waals surface area contributed by atoms with Crippen LogP contribution in [0.5, 0.6) is 5.75 Å². The summed E-state index contributed by atoms with van der Waals surface area (Å²) in [5.74, 6) is -1.09. The molecule has 6 nitrogen and oxygen atoms in total. The van der Waals surface area contributed by atoms with Crippen LogP contribution in [0.2, 0.25) is 0 Å². The van der Waals surface area contributed by atoms with Crippen LogP contribution in [0, 0.1) is 5.82 Å². The van der Waals surface area contributed by atoms with E-state index in [1.54, 1.807) is 24.3 Å². The van der Waals surface area contributed by atoms with E-state index in [1.807, 2.05) is 6.92 Å². The minimum atomic E-state index is -3.84. The molecule has 2 aromatic carbocycles. The van der Waals surface area contributed by atoms with E-state index in [9.17, 15) is 17.6 Å². The molecule has 0 bridgehead atoms. The number of benzene rings is 2. The molecule has 1 aliphatic carbocycles. The van der Waals surface area contributed by atoms with Crippen molar-refractivity contribution in [2.45, 2.75) is 50.0 Å². The zero-order valence-corrected chi connectivity index (χ0v) is 17.1. The Labute approximate surface area is 170 Å². The predicted molar refractivity (Wildman–Crippen MR) is 109 cm³/mol. The van der Waals surface area contributed by atoms with Crippen molar-refractivity contribution < 1.29 is 22.3 Å². The molecule has 0 radical (unpaired) electrons. The molecule has 0 spiro atoms. The van der Waals surface area contributed by atoms with Gasteiger partial charge in [0, 0.05) is 6.04 Å². The van der Waals surface area contributed by atoms with Gasteiger partial charge < -0.3 is 10.1 Å². The Kier molecular flexibility index (Phi) is 6.87. The summed E-state index contributed by atoms with van der Waals surface area (Å²) in [4.78, 5) is 12.5. The first-order chi connectivity index (χ1) is 13.9. The molecule has 29 heavy (non-hydrogen) atoms. The van der Waals surface area contributed by atoms with Crippen LogP contribution in [0.1, 0.15) is 49.4 Å². The highest BCUT2D eigenvalue weighted by Crippen LogP contribution is 2.26. The highest BCUT2D eigenvalue weighted by molar-refractivity contribution is 7.89. The number of carbonyl (C=O) groups is 1. The summed E-state index contributed by atoms with van der Waals surface area (Å²) >= 11 is 0. The number of anilines is 1. The van der Waals surface area contributed by atoms with Crippen molar-refractivity contribution in [3.05, 3.63) is 53.8 Å². The van der Waals surface area contributed by atoms with Gasteiger partial charge in [0.05, 0.1) is 22.8 Å². The first-order valence-electron chi connectivity index (χ1n) is 9.76. The number of nitrogens with one attached hydrogen (secondary N) is 2. The Hall–Kier alpha value is -2.45. The van der Waals surface area contributed by atoms with Crippen LogP contribution in [0.3, 0.4) is 0 Å². The van der Waals surface area contributed by atoms with Crippen LogP contribution in [-0.4, -0.2) is 27.0 Å². The average molecular weight is 421 g/mol. The SMILES string of the molecule is CCOc1ccccc1NC(=O)c1cc(S(=O)(=O)NC2CCCCC2)ccc1F. The molecule has 0 unspecified atom stereocenters. The van der Waals surface area contributed by atoms with E-state index >= 15 is 0 Å². The number of rotatable bonds is 7. The lowest BCUT2D eigenvalue weighted by Crippen LogP contribution is -2.36. The van der Waals surface area contributed by atoms with E-state index in [2.05, 4.69) is 10.0 Å². The highest BCUT2D eigenvalue weighted by Gasteiger charge is 2.24. The maximum atomic E-state index is 14.3. The quantitative estimate of drug-likeness (QED) is 0.707. The number of halogens is 1. The smallest absolute Gasteiger partial charge is 0.258 e. The molecule has 156 valence electrons. The summed E-state index contributed by atoms with van der Waals surface area (Å²) in [5, 5.41) is 2.59. The van der Waals surface area contributed by atoms with Gasteiger partial charge in [0.1, 0.15) is 11.6 Å². The normalized spacial score (nSPS) is 15.1. The molecule has 2 aromatic rings. The van der Waals surface area contributed by atoms with Crippen molar-refractivity contribution in [1.82, 2.24) is 4.72 Å². The number of hydrogen-bond acceptors (Lipinski definition) is 4. The first kappa shape index (κ1) is 21.3. The fourth-order valence-electron chi connectivity index (χ4n) is 3.39. The van der Waals surface area contributed by atoms with Crippen molar-refractivity contribution in [2.75, 3.05) is 11.9 Å². The van der Waals surface area contributed by atoms with Crippen molar-refractivity contribution in [3.63, 3.8) is 0 Å². The van der Waals surface area contributed by atoms with E-state index in [0.717, 1.165) is 44.2 Å². The van der Waals surface area contributed by atoms with Gasteiger partial charge >= 0.3 is 0 Å². The van der Waals surface area contributed by atoms with Crippen molar-refractivity contribution >= 4 is 21.6 Å². The minimum Gasteiger partial charge on any atom is -0.492 e. The lowest BCUT2D eigenvalue weighted by atomic mass is 9.96. The van der Waals surface area contributed by atoms with E-state index in [0.29, 0.717) is 18.0 Å². The Morgan fingerprint density at radius 1 is 1.14 bits per heavy atom. The third kappa shape index (κ3) is 5.33. The van der Waals surface area contributed by atoms with Crippen molar-refractivity contribution in [1.29, 1.82) is 0 Å². The molecule has 0 saturated heterocycles. The standard InChI is InChI=1S/C21H25FN2O4S/c1-2-28-20-11-7-6-10-19(20)23-21(25)17-14-16(12-13-18(17)22)29(26,27)24-15-8-4-3-5-9-15/h6-7,10-15,24H,2-5,8-9H2,1H3,(H,23,25). The third-order valence-corrected chi connectivity index (χ3v) is 6.37. The summed E-state index contributed by atoms with van der Waals surface area (Å²) in [6.45, 7) is 2.22. The van der Waals surface area contributed by atoms with Gasteiger partial charge in [-0.05, 0) is 50.1 Å². The predicted octanol–water partition coefficient (Wildman–Crippen LogP) is 4.09. The molecule has 8 heteroatoms. The fraction of sp³-hybridized carbons (Fsp3) is 0.381. The van der Waals surface area contributed by atoms with Crippen LogP contribution >= 0.6 is 0 Å². The van der Waals surface area contributed by atoms with Gasteiger partial charge in [0.15, 0.2) is 0 Å². The number of ether oxygens (including phenoxy) is 1. The van der Waals surface area contributed by atoms with Gasteiger partial charge in [-0.3, -0.25) is 4.79 Å². The third-order valence-electron chi connectivity index (χ3n) is 4.85. The zero-order chi connectivity index (χ0) is 20.9. The van der Waals surface area contributed by atoms with Gasteiger partial charge in [0.2, 0.25) is 10.0 Å². The molecule has 3 rings (SSSR count). The Bertz CT molecular complexity index is 972. The Balaban J connectivity index is 1.82. The topological polar surface area (TPSA) is 84.5 Å². The summed E-state index contributed by atoms with van der Waals surface area (Å²) in [5.41, 5.74) is 0.0372. The molecular formula is C21H25FN2O4S. The molecule has 1 fully saturated rings. The number of hydrogen-bond donors (Lipinski definition) is 2. The molecule has 2 N–H and O–H groups in total. The van der Waals surface area contributed by atoms with Gasteiger partial charge in [-0.25, -0.2) is 17.5 Å². The second kappa shape index (κ2) is 9.37. The molecule has 0 aliphatic heterocycles. The van der Waals surface area contributed by atoms with Gasteiger partial charge in [-0.2, -0.15) is 0 Å². The van der Waals surface area contributed by atoms with Crippen LogP contribution in [0.25, 0.3) is 0 Å². The maximum absolute atomic E-state index is 14.3. The summed E-state index contributed by atoms with van der Waals surface area (Å²) < 4.78 is 47.8. The number of sulfonamides is 1. The zero-order valence-electron chi connectivity index (χ0n) is 16.3. The van der Waals surface area contributed by atoms with Crippen LogP contribution in [-0.2, 0) is 10.0 Å². The van der Waals surface area contributed by atoms with Crippen LogP contribution in [0.15, 0.2) is 47.4 Å². The number of carbonyl (C=O) groups excluding carboxylic acids is 1. The molecule has 0 heterocycles. The summed E-state index contributed by atoms with van der Waals surface area (Å²) in [6.07, 6.45) is 4.61. The van der Waals surface area contributed by atoms with Gasteiger partial charge in [0.25, 0.3) is 5.91 Å². The second-order valence-corrected chi connectivity index (χ2v) is 8.70. The number of amides is 1. The second-order valence-electron chi connectivity index (χ2n) is 6.98. The molecule has 0 atom stereocenters. The highest BCUT2D eigenvalue weighted by atomic mass is 32.2. The van der Waals surface area contributed by atoms with E-state index in [1.165, 1.54) is 6.07 Å². The van der Waals surface area contributed by atoms with Crippen LogP contribution < -0.4 is 14.8 Å². The van der Waals surface area contributed by atoms with Crippen molar-refractivity contribution in [3.8, 4) is 5.75 Å². The molecule has 0 aromatic heterocycles. The minimum absolute atomic E-state index is 0.130. The van der Waals surface area contributed by atoms with Crippen molar-refractivity contribution in [2.24, 2.45) is 0 Å². The van der Waals surface area contributed by atoms with Gasteiger partial charge in [-0.1, -0.05) is 31.4 Å². The van der Waals surface area contributed by atoms with E-state index in [-0.39, 0.29) is 16.5 Å². The summed E-state index contributed by atoms with van der Waals surface area (Å²) in [7, 11) is -3.84. The molecule has 1 saturated carbocycles. The number of para-hydroxylation sites is 2.